The highest BCUT2D eigenvalue weighted by atomic mass is 19.1. The molecule has 3 heteroatoms. The van der Waals surface area contributed by atoms with Crippen LogP contribution < -0.4 is 9.64 Å². The number of ether oxygens (including phenoxy) is 1. The van der Waals surface area contributed by atoms with Crippen molar-refractivity contribution < 1.29 is 9.13 Å². The van der Waals surface area contributed by atoms with Crippen LogP contribution in [0.5, 0.6) is 5.75 Å². The Kier molecular flexibility index (Phi) is 7.96. The number of methoxy groups -OCH3 is 1. The second-order valence-corrected chi connectivity index (χ2v) is 6.45. The van der Waals surface area contributed by atoms with Gasteiger partial charge in [0.05, 0.1) is 7.11 Å². The molecule has 1 aliphatic heterocycles. The standard InChI is InChI=1S/C21H26FNO.C2H6/c1-3-16-8-10-18(19-15-17(24-2)9-11-20(19)22)21(14-16)23-12-6-4-5-7-13-23;1-2/h8-11,14-15H,3-7,12-13H2,1-2H3;1-2H3. The largest absolute Gasteiger partial charge is 0.497 e. The first-order valence-corrected chi connectivity index (χ1v) is 9.94. The van der Waals surface area contributed by atoms with Crippen LogP contribution in [-0.2, 0) is 6.42 Å². The molecule has 0 aromatic heterocycles. The first-order valence-electron chi connectivity index (χ1n) is 9.94. The van der Waals surface area contributed by atoms with Crippen molar-refractivity contribution in [3.05, 3.63) is 47.8 Å². The Morgan fingerprint density at radius 2 is 1.62 bits per heavy atom. The van der Waals surface area contributed by atoms with Gasteiger partial charge in [-0.2, -0.15) is 0 Å². The lowest BCUT2D eigenvalue weighted by Gasteiger charge is -2.26. The summed E-state index contributed by atoms with van der Waals surface area (Å²) in [6, 6.07) is 11.4. The fourth-order valence-corrected chi connectivity index (χ4v) is 3.44. The molecule has 0 unspecified atom stereocenters. The highest BCUT2D eigenvalue weighted by Crippen LogP contribution is 2.36. The summed E-state index contributed by atoms with van der Waals surface area (Å²) >= 11 is 0. The van der Waals surface area contributed by atoms with E-state index in [-0.39, 0.29) is 5.82 Å². The van der Waals surface area contributed by atoms with Crippen molar-refractivity contribution in [2.75, 3.05) is 25.1 Å². The third-order valence-corrected chi connectivity index (χ3v) is 4.88. The monoisotopic (exact) mass is 357 g/mol. The van der Waals surface area contributed by atoms with Gasteiger partial charge in [-0.25, -0.2) is 4.39 Å². The molecule has 0 aliphatic carbocycles. The number of rotatable bonds is 4. The molecule has 1 aliphatic rings. The lowest BCUT2D eigenvalue weighted by atomic mass is 9.98. The number of halogens is 1. The number of hydrogen-bond donors (Lipinski definition) is 0. The number of aryl methyl sites for hydroxylation is 1. The van der Waals surface area contributed by atoms with Gasteiger partial charge in [-0.1, -0.05) is 45.7 Å². The molecule has 142 valence electrons. The highest BCUT2D eigenvalue weighted by molar-refractivity contribution is 5.80. The Labute approximate surface area is 158 Å². The first kappa shape index (κ1) is 20.3. The maximum Gasteiger partial charge on any atom is 0.131 e. The zero-order valence-electron chi connectivity index (χ0n) is 16.6. The van der Waals surface area contributed by atoms with Gasteiger partial charge < -0.3 is 9.64 Å². The molecular formula is C23H32FNO. The van der Waals surface area contributed by atoms with Crippen molar-refractivity contribution in [3.8, 4) is 16.9 Å². The van der Waals surface area contributed by atoms with Gasteiger partial charge in [0.2, 0.25) is 0 Å². The van der Waals surface area contributed by atoms with E-state index in [4.69, 9.17) is 4.74 Å². The van der Waals surface area contributed by atoms with Crippen molar-refractivity contribution in [1.29, 1.82) is 0 Å². The van der Waals surface area contributed by atoms with E-state index in [1.165, 1.54) is 37.3 Å². The lowest BCUT2D eigenvalue weighted by molar-refractivity contribution is 0.414. The van der Waals surface area contributed by atoms with E-state index < -0.39 is 0 Å². The molecule has 0 atom stereocenters. The van der Waals surface area contributed by atoms with Crippen LogP contribution in [0.15, 0.2) is 36.4 Å². The second kappa shape index (κ2) is 10.2. The molecule has 1 saturated heterocycles. The quantitative estimate of drug-likeness (QED) is 0.622. The summed E-state index contributed by atoms with van der Waals surface area (Å²) < 4.78 is 19.8. The number of hydrogen-bond acceptors (Lipinski definition) is 2. The molecular weight excluding hydrogens is 325 g/mol. The molecule has 2 nitrogen and oxygen atoms in total. The molecule has 0 radical (unpaired) electrons. The maximum absolute atomic E-state index is 14.5. The van der Waals surface area contributed by atoms with Crippen molar-refractivity contribution in [3.63, 3.8) is 0 Å². The van der Waals surface area contributed by atoms with Crippen molar-refractivity contribution in [2.45, 2.75) is 52.9 Å². The minimum absolute atomic E-state index is 0.198. The summed E-state index contributed by atoms with van der Waals surface area (Å²) in [5, 5.41) is 0. The normalized spacial score (nSPS) is 14.3. The third kappa shape index (κ3) is 4.78. The van der Waals surface area contributed by atoms with Gasteiger partial charge >= 0.3 is 0 Å². The molecule has 3 rings (SSSR count). The smallest absolute Gasteiger partial charge is 0.131 e. The minimum atomic E-state index is -0.198. The van der Waals surface area contributed by atoms with Crippen LogP contribution >= 0.6 is 0 Å². The Morgan fingerprint density at radius 3 is 2.23 bits per heavy atom. The molecule has 1 heterocycles. The highest BCUT2D eigenvalue weighted by Gasteiger charge is 2.18. The summed E-state index contributed by atoms with van der Waals surface area (Å²) in [6.07, 6.45) is 5.97. The van der Waals surface area contributed by atoms with Crippen LogP contribution in [0.1, 0.15) is 52.0 Å². The molecule has 2 aromatic rings. The van der Waals surface area contributed by atoms with Gasteiger partial charge in [0.25, 0.3) is 0 Å². The van der Waals surface area contributed by atoms with E-state index >= 15 is 0 Å². The van der Waals surface area contributed by atoms with Crippen LogP contribution in [0, 0.1) is 5.82 Å². The Bertz CT molecular complexity index is 691. The molecule has 0 N–H and O–H groups in total. The number of nitrogens with zero attached hydrogens (tertiary/aromatic N) is 1. The second-order valence-electron chi connectivity index (χ2n) is 6.45. The lowest BCUT2D eigenvalue weighted by Crippen LogP contribution is -2.24. The summed E-state index contributed by atoms with van der Waals surface area (Å²) in [6.45, 7) is 8.25. The minimum Gasteiger partial charge on any atom is -0.497 e. The third-order valence-electron chi connectivity index (χ3n) is 4.88. The molecule has 0 spiro atoms. The van der Waals surface area contributed by atoms with Gasteiger partial charge in [-0.15, -0.1) is 0 Å². The van der Waals surface area contributed by atoms with Crippen LogP contribution in [0.2, 0.25) is 0 Å². The number of benzene rings is 2. The van der Waals surface area contributed by atoms with Crippen LogP contribution in [0.4, 0.5) is 10.1 Å². The zero-order valence-corrected chi connectivity index (χ0v) is 16.6. The zero-order chi connectivity index (χ0) is 18.9. The van der Waals surface area contributed by atoms with E-state index in [0.717, 1.165) is 30.8 Å². The molecule has 0 saturated carbocycles. The van der Waals surface area contributed by atoms with Gasteiger partial charge in [0.1, 0.15) is 11.6 Å². The average molecular weight is 358 g/mol. The van der Waals surface area contributed by atoms with Crippen molar-refractivity contribution in [2.24, 2.45) is 0 Å². The summed E-state index contributed by atoms with van der Waals surface area (Å²) in [5.74, 6) is 0.490. The summed E-state index contributed by atoms with van der Waals surface area (Å²) in [5.41, 5.74) is 4.03. The Morgan fingerprint density at radius 1 is 0.923 bits per heavy atom. The van der Waals surface area contributed by atoms with E-state index in [1.807, 2.05) is 13.8 Å². The summed E-state index contributed by atoms with van der Waals surface area (Å²) in [4.78, 5) is 2.43. The van der Waals surface area contributed by atoms with Gasteiger partial charge in [0.15, 0.2) is 0 Å². The SMILES string of the molecule is CC.CCc1ccc(-c2cc(OC)ccc2F)c(N2CCCCCC2)c1. The van der Waals surface area contributed by atoms with Crippen LogP contribution in [0.3, 0.4) is 0 Å². The van der Waals surface area contributed by atoms with E-state index in [9.17, 15) is 4.39 Å². The van der Waals surface area contributed by atoms with Gasteiger partial charge in [-0.3, -0.25) is 0 Å². The van der Waals surface area contributed by atoms with Gasteiger partial charge in [-0.05, 0) is 49.1 Å². The first-order chi connectivity index (χ1) is 12.7. The predicted molar refractivity (Wildman–Crippen MR) is 110 cm³/mol. The molecule has 0 amide bonds. The predicted octanol–water partition coefficient (Wildman–Crippen LogP) is 6.47. The topological polar surface area (TPSA) is 12.5 Å². The Balaban J connectivity index is 0.00000117. The van der Waals surface area contributed by atoms with E-state index in [2.05, 4.69) is 30.0 Å². The molecule has 26 heavy (non-hydrogen) atoms. The van der Waals surface area contributed by atoms with Crippen molar-refractivity contribution in [1.82, 2.24) is 0 Å². The van der Waals surface area contributed by atoms with Crippen molar-refractivity contribution >= 4 is 5.69 Å². The Hall–Kier alpha value is -2.03. The summed E-state index contributed by atoms with van der Waals surface area (Å²) in [7, 11) is 1.62. The van der Waals surface area contributed by atoms with Crippen LogP contribution in [-0.4, -0.2) is 20.2 Å². The maximum atomic E-state index is 14.5. The van der Waals surface area contributed by atoms with E-state index in [1.54, 1.807) is 19.2 Å². The molecule has 1 fully saturated rings. The number of anilines is 1. The average Bonchev–Trinajstić information content (AvgIpc) is 2.99. The van der Waals surface area contributed by atoms with Crippen LogP contribution in [0.25, 0.3) is 11.1 Å². The molecule has 2 aromatic carbocycles. The fourth-order valence-electron chi connectivity index (χ4n) is 3.44. The van der Waals surface area contributed by atoms with Gasteiger partial charge in [0, 0.05) is 29.9 Å². The molecule has 0 bridgehead atoms. The fraction of sp³-hybridized carbons (Fsp3) is 0.478. The van der Waals surface area contributed by atoms with E-state index in [0.29, 0.717) is 11.3 Å².